The summed E-state index contributed by atoms with van der Waals surface area (Å²) in [6.45, 7) is 2.56. The maximum atomic E-state index is 12.5. The minimum atomic E-state index is -0.310. The van der Waals surface area contributed by atoms with Crippen molar-refractivity contribution >= 4 is 66.9 Å². The Labute approximate surface area is 213 Å². The third kappa shape index (κ3) is 8.01. The Morgan fingerprint density at radius 1 is 0.774 bits per heavy atom. The maximum Gasteiger partial charge on any atom is 0.261 e. The molecule has 3 nitrogen and oxygen atoms in total. The second-order valence-corrected chi connectivity index (χ2v) is 11.6. The number of fused-ring (bicyclic) bond motifs is 1. The van der Waals surface area contributed by atoms with Crippen LogP contribution in [-0.4, -0.2) is 43.7 Å². The Bertz CT molecular complexity index is 684. The molecule has 0 radical (unpaired) electrons. The molecule has 1 heterocycles. The van der Waals surface area contributed by atoms with Gasteiger partial charge in [-0.15, -0.1) is 23.2 Å². The molecule has 0 aliphatic carbocycles. The van der Waals surface area contributed by atoms with Crippen molar-refractivity contribution in [3.05, 3.63) is 35.4 Å². The number of imide groups is 1. The van der Waals surface area contributed by atoms with Gasteiger partial charge in [0.2, 0.25) is 0 Å². The van der Waals surface area contributed by atoms with E-state index in [1.165, 1.54) is 49.8 Å². The standard InChI is InChI=1S/C24H33Br2Cl2NO2/c1-2-3-4-5-6-7-8-9-14-19(25)21(27)22(28)20(26)15-16-29-23(30)17-12-10-11-13-18(17)24(29)31/h10-13,19-22H,2-9,14-16H2,1H3. The van der Waals surface area contributed by atoms with Crippen LogP contribution in [0.15, 0.2) is 24.3 Å². The van der Waals surface area contributed by atoms with Gasteiger partial charge in [-0.1, -0.05) is 102 Å². The van der Waals surface area contributed by atoms with Crippen LogP contribution in [0.5, 0.6) is 0 Å². The molecule has 1 aromatic rings. The molecule has 0 N–H and O–H groups in total. The molecule has 4 atom stereocenters. The van der Waals surface area contributed by atoms with Crippen LogP contribution in [0.3, 0.4) is 0 Å². The van der Waals surface area contributed by atoms with Gasteiger partial charge < -0.3 is 0 Å². The quantitative estimate of drug-likeness (QED) is 0.117. The Morgan fingerprint density at radius 3 is 1.74 bits per heavy atom. The lowest BCUT2D eigenvalue weighted by atomic mass is 10.0. The molecule has 7 heteroatoms. The van der Waals surface area contributed by atoms with Crippen LogP contribution < -0.4 is 0 Å². The van der Waals surface area contributed by atoms with Gasteiger partial charge in [-0.3, -0.25) is 14.5 Å². The van der Waals surface area contributed by atoms with Crippen LogP contribution in [0.2, 0.25) is 0 Å². The summed E-state index contributed by atoms with van der Waals surface area (Å²) >= 11 is 20.6. The minimum absolute atomic E-state index is 0.0976. The number of halogens is 4. The largest absolute Gasteiger partial charge is 0.274 e. The second-order valence-electron chi connectivity index (χ2n) is 8.28. The molecule has 4 unspecified atom stereocenters. The summed E-state index contributed by atoms with van der Waals surface area (Å²) in [5.74, 6) is -0.469. The average molecular weight is 598 g/mol. The molecule has 0 fully saturated rings. The van der Waals surface area contributed by atoms with Gasteiger partial charge in [-0.2, -0.15) is 0 Å². The summed E-state index contributed by atoms with van der Waals surface area (Å²) in [6, 6.07) is 6.94. The van der Waals surface area contributed by atoms with Gasteiger partial charge in [0.1, 0.15) is 0 Å². The highest BCUT2D eigenvalue weighted by atomic mass is 79.9. The molecule has 0 bridgehead atoms. The number of rotatable bonds is 15. The predicted octanol–water partition coefficient (Wildman–Crippen LogP) is 7.95. The molecule has 2 rings (SSSR count). The Morgan fingerprint density at radius 2 is 1.23 bits per heavy atom. The average Bonchev–Trinajstić information content (AvgIpc) is 3.02. The smallest absolute Gasteiger partial charge is 0.261 e. The molecule has 2 amide bonds. The van der Waals surface area contributed by atoms with Crippen molar-refractivity contribution in [2.45, 2.75) is 91.5 Å². The fourth-order valence-electron chi connectivity index (χ4n) is 3.89. The van der Waals surface area contributed by atoms with E-state index >= 15 is 0 Å². The van der Waals surface area contributed by atoms with Gasteiger partial charge in [0, 0.05) is 16.2 Å². The van der Waals surface area contributed by atoms with Crippen LogP contribution in [0.25, 0.3) is 0 Å². The van der Waals surface area contributed by atoms with E-state index in [2.05, 4.69) is 38.8 Å². The van der Waals surface area contributed by atoms with Gasteiger partial charge in [0.05, 0.1) is 21.9 Å². The molecule has 0 spiro atoms. The highest BCUT2D eigenvalue weighted by Gasteiger charge is 2.36. The summed E-state index contributed by atoms with van der Waals surface area (Å²) < 4.78 is 0. The fraction of sp³-hybridized carbons (Fsp3) is 0.667. The molecule has 1 aliphatic heterocycles. The molecule has 1 aliphatic rings. The van der Waals surface area contributed by atoms with E-state index in [0.29, 0.717) is 24.1 Å². The second kappa shape index (κ2) is 14.2. The van der Waals surface area contributed by atoms with Crippen LogP contribution >= 0.6 is 55.1 Å². The van der Waals surface area contributed by atoms with Crippen LogP contribution in [0.1, 0.15) is 91.8 Å². The van der Waals surface area contributed by atoms with Crippen molar-refractivity contribution in [3.63, 3.8) is 0 Å². The number of benzene rings is 1. The summed E-state index contributed by atoms with van der Waals surface area (Å²) in [7, 11) is 0. The third-order valence-corrected chi connectivity index (χ3v) is 9.78. The number of carbonyl (C=O) groups excluding carboxylic acids is 2. The molecule has 1 aromatic carbocycles. The molecule has 0 aromatic heterocycles. The molecule has 174 valence electrons. The zero-order valence-corrected chi connectivity index (χ0v) is 22.9. The highest BCUT2D eigenvalue weighted by Crippen LogP contribution is 2.31. The summed E-state index contributed by atoms with van der Waals surface area (Å²) in [4.78, 5) is 26.3. The summed E-state index contributed by atoms with van der Waals surface area (Å²) in [6.07, 6.45) is 11.8. The monoisotopic (exact) mass is 595 g/mol. The van der Waals surface area contributed by atoms with E-state index in [1.54, 1.807) is 24.3 Å². The molecule has 31 heavy (non-hydrogen) atoms. The van der Waals surface area contributed by atoms with E-state index in [0.717, 1.165) is 12.8 Å². The zero-order chi connectivity index (χ0) is 22.8. The number of amides is 2. The van der Waals surface area contributed by atoms with E-state index in [-0.39, 0.29) is 32.2 Å². The number of alkyl halides is 4. The Hall–Kier alpha value is -0.100. The van der Waals surface area contributed by atoms with Crippen molar-refractivity contribution in [1.82, 2.24) is 4.90 Å². The van der Waals surface area contributed by atoms with Crippen LogP contribution in [0.4, 0.5) is 0 Å². The van der Waals surface area contributed by atoms with Gasteiger partial charge in [0.25, 0.3) is 11.8 Å². The number of hydrogen-bond donors (Lipinski definition) is 0. The Kier molecular flexibility index (Phi) is 12.5. The summed E-state index contributed by atoms with van der Waals surface area (Å²) in [5.41, 5.74) is 0.948. The third-order valence-electron chi connectivity index (χ3n) is 5.84. The van der Waals surface area contributed by atoms with E-state index < -0.39 is 0 Å². The molecule has 0 saturated heterocycles. The lowest BCUT2D eigenvalue weighted by molar-refractivity contribution is 0.0652. The number of unbranched alkanes of at least 4 members (excludes halogenated alkanes) is 7. The van der Waals surface area contributed by atoms with E-state index in [4.69, 9.17) is 23.2 Å². The predicted molar refractivity (Wildman–Crippen MR) is 138 cm³/mol. The molecule has 0 saturated carbocycles. The van der Waals surface area contributed by atoms with Gasteiger partial charge in [-0.25, -0.2) is 0 Å². The topological polar surface area (TPSA) is 37.4 Å². The first-order valence-corrected chi connectivity index (χ1v) is 14.1. The van der Waals surface area contributed by atoms with Crippen molar-refractivity contribution in [2.75, 3.05) is 6.54 Å². The lowest BCUT2D eigenvalue weighted by Gasteiger charge is -2.26. The zero-order valence-electron chi connectivity index (χ0n) is 18.2. The van der Waals surface area contributed by atoms with Crippen LogP contribution in [0, 0.1) is 0 Å². The van der Waals surface area contributed by atoms with Crippen LogP contribution in [-0.2, 0) is 0 Å². The van der Waals surface area contributed by atoms with Gasteiger partial charge in [-0.05, 0) is 25.0 Å². The SMILES string of the molecule is CCCCCCCCCCC(Br)C(Cl)C(Cl)C(Br)CCN1C(=O)c2ccccc2C1=O. The number of nitrogens with zero attached hydrogens (tertiary/aromatic N) is 1. The van der Waals surface area contributed by atoms with Crippen molar-refractivity contribution < 1.29 is 9.59 Å². The highest BCUT2D eigenvalue weighted by molar-refractivity contribution is 9.10. The molecular weight excluding hydrogens is 565 g/mol. The van der Waals surface area contributed by atoms with Crippen molar-refractivity contribution in [1.29, 1.82) is 0 Å². The lowest BCUT2D eigenvalue weighted by Crippen LogP contribution is -2.36. The van der Waals surface area contributed by atoms with Gasteiger partial charge >= 0.3 is 0 Å². The first-order valence-electron chi connectivity index (χ1n) is 11.4. The first-order chi connectivity index (χ1) is 14.9. The normalized spacial score (nSPS) is 17.5. The maximum absolute atomic E-state index is 12.5. The summed E-state index contributed by atoms with van der Waals surface area (Å²) in [5, 5.41) is -0.548. The molecular formula is C24H33Br2Cl2NO2. The van der Waals surface area contributed by atoms with Crippen molar-refractivity contribution in [2.24, 2.45) is 0 Å². The van der Waals surface area contributed by atoms with E-state index in [9.17, 15) is 9.59 Å². The first kappa shape index (κ1) is 27.1. The number of carbonyl (C=O) groups is 2. The van der Waals surface area contributed by atoms with Crippen molar-refractivity contribution in [3.8, 4) is 0 Å². The van der Waals surface area contributed by atoms with Gasteiger partial charge in [0.15, 0.2) is 0 Å². The minimum Gasteiger partial charge on any atom is -0.274 e. The Balaban J connectivity index is 1.69. The fourth-order valence-corrected chi connectivity index (χ4v) is 6.03. The number of hydrogen-bond acceptors (Lipinski definition) is 2. The van der Waals surface area contributed by atoms with E-state index in [1.807, 2.05) is 0 Å².